The first kappa shape index (κ1) is 18.2. The maximum atomic E-state index is 12.9. The summed E-state index contributed by atoms with van der Waals surface area (Å²) < 4.78 is 7.40. The molecule has 0 bridgehead atoms. The molecule has 4 rings (SSSR count). The lowest BCUT2D eigenvalue weighted by Gasteiger charge is -2.17. The van der Waals surface area contributed by atoms with Gasteiger partial charge in [0, 0.05) is 4.88 Å². The van der Waals surface area contributed by atoms with Crippen LogP contribution in [0.1, 0.15) is 33.6 Å². The van der Waals surface area contributed by atoms with Crippen molar-refractivity contribution in [3.63, 3.8) is 0 Å². The van der Waals surface area contributed by atoms with Crippen LogP contribution in [0.3, 0.4) is 0 Å². The SMILES string of the molecule is Cc1ccc(C)c(OC[C@@H](O)Cn2cnc3sc4c(c3c2=O)CCC4)c1C. The molecule has 0 amide bonds. The lowest BCUT2D eigenvalue weighted by atomic mass is 10.1. The van der Waals surface area contributed by atoms with Crippen molar-refractivity contribution in [2.24, 2.45) is 0 Å². The molecule has 0 saturated carbocycles. The zero-order chi connectivity index (χ0) is 19.1. The van der Waals surface area contributed by atoms with Crippen molar-refractivity contribution in [3.05, 3.63) is 55.9 Å². The number of aliphatic hydroxyl groups excluding tert-OH is 1. The van der Waals surface area contributed by atoms with E-state index < -0.39 is 6.10 Å². The minimum atomic E-state index is -0.784. The number of rotatable bonds is 5. The number of ether oxygens (including phenoxy) is 1. The number of fused-ring (bicyclic) bond motifs is 3. The lowest BCUT2D eigenvalue weighted by molar-refractivity contribution is 0.0908. The summed E-state index contributed by atoms with van der Waals surface area (Å²) in [6, 6.07) is 4.08. The molecule has 1 atom stereocenters. The highest BCUT2D eigenvalue weighted by Gasteiger charge is 2.22. The maximum absolute atomic E-state index is 12.9. The standard InChI is InChI=1S/C21H24N2O3S/c1-12-7-8-13(2)19(14(12)3)26-10-15(24)9-23-11-22-20-18(21(23)25)16-5-4-6-17(16)27-20/h7-8,11,15,24H,4-6,9-10H2,1-3H3/t15-/m0/s1. The Morgan fingerprint density at radius 2 is 2.04 bits per heavy atom. The van der Waals surface area contributed by atoms with Crippen LogP contribution in [0.2, 0.25) is 0 Å². The van der Waals surface area contributed by atoms with Gasteiger partial charge in [-0.3, -0.25) is 9.36 Å². The number of hydrogen-bond donors (Lipinski definition) is 1. The number of aromatic nitrogens is 2. The molecule has 3 aromatic rings. The predicted octanol–water partition coefficient (Wildman–Crippen LogP) is 3.31. The molecule has 0 fully saturated rings. The molecule has 1 aliphatic carbocycles. The third kappa shape index (κ3) is 3.28. The van der Waals surface area contributed by atoms with Crippen molar-refractivity contribution < 1.29 is 9.84 Å². The van der Waals surface area contributed by atoms with Gasteiger partial charge in [0.2, 0.25) is 0 Å². The Bertz CT molecular complexity index is 1070. The van der Waals surface area contributed by atoms with Crippen LogP contribution >= 0.6 is 11.3 Å². The van der Waals surface area contributed by atoms with Gasteiger partial charge in [-0.05, 0) is 62.3 Å². The first-order chi connectivity index (χ1) is 13.0. The fourth-order valence-corrected chi connectivity index (χ4v) is 4.98. The van der Waals surface area contributed by atoms with Gasteiger partial charge in [0.1, 0.15) is 23.3 Å². The number of aryl methyl sites for hydroxylation is 4. The first-order valence-electron chi connectivity index (χ1n) is 9.33. The highest BCUT2D eigenvalue weighted by Crippen LogP contribution is 2.34. The van der Waals surface area contributed by atoms with Gasteiger partial charge < -0.3 is 9.84 Å². The van der Waals surface area contributed by atoms with Gasteiger partial charge in [-0.25, -0.2) is 4.98 Å². The van der Waals surface area contributed by atoms with Crippen molar-refractivity contribution in [1.29, 1.82) is 0 Å². The summed E-state index contributed by atoms with van der Waals surface area (Å²) in [6.07, 6.45) is 3.86. The second-order valence-electron chi connectivity index (χ2n) is 7.36. The van der Waals surface area contributed by atoms with E-state index in [2.05, 4.69) is 11.1 Å². The summed E-state index contributed by atoms with van der Waals surface area (Å²) >= 11 is 1.63. The Kier molecular flexibility index (Phi) is 4.78. The van der Waals surface area contributed by atoms with Gasteiger partial charge in [-0.15, -0.1) is 11.3 Å². The molecule has 27 heavy (non-hydrogen) atoms. The summed E-state index contributed by atoms with van der Waals surface area (Å²) in [7, 11) is 0. The van der Waals surface area contributed by atoms with E-state index in [-0.39, 0.29) is 18.7 Å². The van der Waals surface area contributed by atoms with Crippen LogP contribution in [-0.4, -0.2) is 27.4 Å². The smallest absolute Gasteiger partial charge is 0.262 e. The zero-order valence-corrected chi connectivity index (χ0v) is 16.7. The van der Waals surface area contributed by atoms with Crippen molar-refractivity contribution in [2.75, 3.05) is 6.61 Å². The number of hydrogen-bond acceptors (Lipinski definition) is 5. The van der Waals surface area contributed by atoms with Crippen LogP contribution in [0.5, 0.6) is 5.75 Å². The van der Waals surface area contributed by atoms with Crippen LogP contribution in [0, 0.1) is 20.8 Å². The summed E-state index contributed by atoms with van der Waals surface area (Å²) in [6.45, 7) is 6.36. The third-order valence-corrected chi connectivity index (χ3v) is 6.59. The van der Waals surface area contributed by atoms with Gasteiger partial charge >= 0.3 is 0 Å². The van der Waals surface area contributed by atoms with E-state index in [0.29, 0.717) is 0 Å². The van der Waals surface area contributed by atoms with E-state index >= 15 is 0 Å². The summed E-state index contributed by atoms with van der Waals surface area (Å²) in [4.78, 5) is 19.4. The van der Waals surface area contributed by atoms with Crippen molar-refractivity contribution >= 4 is 21.6 Å². The van der Waals surface area contributed by atoms with Crippen molar-refractivity contribution in [3.8, 4) is 5.75 Å². The van der Waals surface area contributed by atoms with E-state index in [0.717, 1.165) is 51.9 Å². The molecule has 2 aromatic heterocycles. The molecule has 142 valence electrons. The highest BCUT2D eigenvalue weighted by atomic mass is 32.1. The summed E-state index contributed by atoms with van der Waals surface area (Å²) in [5.74, 6) is 0.811. The van der Waals surface area contributed by atoms with Crippen LogP contribution in [0.15, 0.2) is 23.3 Å². The molecule has 1 aromatic carbocycles. The van der Waals surface area contributed by atoms with E-state index in [1.807, 2.05) is 26.8 Å². The topological polar surface area (TPSA) is 64.3 Å². The molecule has 6 heteroatoms. The van der Waals surface area contributed by atoms with Crippen LogP contribution in [0.25, 0.3) is 10.2 Å². The molecule has 0 unspecified atom stereocenters. The lowest BCUT2D eigenvalue weighted by Crippen LogP contribution is -2.30. The molecule has 1 aliphatic rings. The minimum Gasteiger partial charge on any atom is -0.490 e. The average Bonchev–Trinajstić information content (AvgIpc) is 3.22. The molecule has 5 nitrogen and oxygen atoms in total. The third-order valence-electron chi connectivity index (χ3n) is 5.39. The Morgan fingerprint density at radius 1 is 1.26 bits per heavy atom. The van der Waals surface area contributed by atoms with Crippen LogP contribution < -0.4 is 10.3 Å². The van der Waals surface area contributed by atoms with Gasteiger partial charge in [0.05, 0.1) is 18.3 Å². The molecular formula is C21H24N2O3S. The fraction of sp³-hybridized carbons (Fsp3) is 0.429. The molecule has 1 N–H and O–H groups in total. The molecule has 0 aliphatic heterocycles. The summed E-state index contributed by atoms with van der Waals surface area (Å²) in [5, 5.41) is 11.2. The van der Waals surface area contributed by atoms with Gasteiger partial charge in [-0.2, -0.15) is 0 Å². The maximum Gasteiger partial charge on any atom is 0.262 e. The van der Waals surface area contributed by atoms with E-state index in [1.165, 1.54) is 15.0 Å². The number of benzene rings is 1. The molecule has 0 radical (unpaired) electrons. The van der Waals surface area contributed by atoms with Crippen molar-refractivity contribution in [2.45, 2.75) is 52.7 Å². The van der Waals surface area contributed by atoms with Gasteiger partial charge in [-0.1, -0.05) is 12.1 Å². The van der Waals surface area contributed by atoms with Crippen molar-refractivity contribution in [1.82, 2.24) is 9.55 Å². The number of aliphatic hydroxyl groups is 1. The summed E-state index contributed by atoms with van der Waals surface area (Å²) in [5.41, 5.74) is 4.39. The van der Waals surface area contributed by atoms with Gasteiger partial charge in [0.25, 0.3) is 5.56 Å². The zero-order valence-electron chi connectivity index (χ0n) is 15.9. The Labute approximate surface area is 162 Å². The second-order valence-corrected chi connectivity index (χ2v) is 8.44. The number of thiophene rings is 1. The minimum absolute atomic E-state index is 0.0543. The fourth-order valence-electron chi connectivity index (χ4n) is 3.76. The molecule has 0 saturated heterocycles. The quantitative estimate of drug-likeness (QED) is 0.733. The van der Waals surface area contributed by atoms with E-state index in [9.17, 15) is 9.90 Å². The largest absolute Gasteiger partial charge is 0.490 e. The molecular weight excluding hydrogens is 360 g/mol. The predicted molar refractivity (Wildman–Crippen MR) is 108 cm³/mol. The van der Waals surface area contributed by atoms with Crippen LogP contribution in [0.4, 0.5) is 0 Å². The average molecular weight is 385 g/mol. The van der Waals surface area contributed by atoms with E-state index in [1.54, 1.807) is 17.7 Å². The highest BCUT2D eigenvalue weighted by molar-refractivity contribution is 7.18. The molecule has 0 spiro atoms. The first-order valence-corrected chi connectivity index (χ1v) is 10.1. The van der Waals surface area contributed by atoms with Gasteiger partial charge in [0.15, 0.2) is 0 Å². The van der Waals surface area contributed by atoms with Crippen LogP contribution in [-0.2, 0) is 19.4 Å². The Morgan fingerprint density at radius 3 is 2.85 bits per heavy atom. The Balaban J connectivity index is 1.52. The van der Waals surface area contributed by atoms with E-state index in [4.69, 9.17) is 4.74 Å². The normalized spacial score (nSPS) is 14.5. The number of nitrogens with zero attached hydrogens (tertiary/aromatic N) is 2. The Hall–Kier alpha value is -2.18. The second kappa shape index (κ2) is 7.09. The monoisotopic (exact) mass is 384 g/mol. The molecule has 2 heterocycles.